The Morgan fingerprint density at radius 3 is 2.59 bits per heavy atom. The van der Waals surface area contributed by atoms with Crippen molar-refractivity contribution in [2.75, 3.05) is 12.3 Å². The van der Waals surface area contributed by atoms with Crippen LogP contribution in [0, 0.1) is 17.0 Å². The van der Waals surface area contributed by atoms with Crippen LogP contribution in [-0.4, -0.2) is 28.3 Å². The Balaban J connectivity index is 1.61. The summed E-state index contributed by atoms with van der Waals surface area (Å²) < 4.78 is 0. The van der Waals surface area contributed by atoms with Gasteiger partial charge in [0.15, 0.2) is 0 Å². The van der Waals surface area contributed by atoms with Crippen molar-refractivity contribution < 1.29 is 9.72 Å². The zero-order chi connectivity index (χ0) is 21.0. The van der Waals surface area contributed by atoms with Crippen LogP contribution in [0.1, 0.15) is 53.2 Å². The van der Waals surface area contributed by atoms with Crippen LogP contribution in [0.3, 0.4) is 0 Å². The summed E-state index contributed by atoms with van der Waals surface area (Å²) in [6.45, 7) is 6.40. The first-order chi connectivity index (χ1) is 13.8. The highest BCUT2D eigenvalue weighted by Crippen LogP contribution is 2.27. The second-order valence-electron chi connectivity index (χ2n) is 7.82. The molecule has 2 aromatic rings. The molecule has 1 aliphatic rings. The van der Waals surface area contributed by atoms with Crippen molar-refractivity contribution in [1.29, 1.82) is 0 Å². The number of nitro groups is 1. The fourth-order valence-electron chi connectivity index (χ4n) is 3.78. The normalized spacial score (nSPS) is 17.1. The number of nitro benzene ring substituents is 1. The largest absolute Gasteiger partial charge is 0.393 e. The van der Waals surface area contributed by atoms with Gasteiger partial charge in [0.2, 0.25) is 0 Å². The molecule has 154 valence electrons. The number of rotatable bonds is 6. The Morgan fingerprint density at radius 1 is 1.24 bits per heavy atom. The topological polar surface area (TPSA) is 102 Å². The average Bonchev–Trinajstić information content (AvgIpc) is 2.70. The van der Waals surface area contributed by atoms with Crippen LogP contribution < -0.4 is 11.1 Å². The number of nitrogens with zero attached hydrogens (tertiary/aromatic N) is 2. The highest BCUT2D eigenvalue weighted by molar-refractivity contribution is 6.01. The number of nitrogens with two attached hydrogens (primary N) is 1. The van der Waals surface area contributed by atoms with Crippen molar-refractivity contribution in [2.24, 2.45) is 0 Å². The van der Waals surface area contributed by atoms with Crippen molar-refractivity contribution in [2.45, 2.75) is 52.2 Å². The molecule has 1 saturated heterocycles. The standard InChI is InChI=1S/C22H28N4O3/c1-15-11-19(21(23)20(12-15)26(28)29)22(27)24-13-17-6-8-18(9-7-17)14-25-10-4-3-5-16(25)2/h6-9,11-12,16H,3-5,10,13-14,23H2,1-2H3,(H,24,27). The van der Waals surface area contributed by atoms with Gasteiger partial charge in [-0.15, -0.1) is 0 Å². The SMILES string of the molecule is Cc1cc(C(=O)NCc2ccc(CN3CCCCC3C)cc2)c(N)c([N+](=O)[O-])c1. The molecule has 1 aliphatic heterocycles. The van der Waals surface area contributed by atoms with Crippen molar-refractivity contribution in [3.05, 3.63) is 68.8 Å². The number of anilines is 1. The van der Waals surface area contributed by atoms with E-state index in [0.717, 1.165) is 18.7 Å². The van der Waals surface area contributed by atoms with Crippen LogP contribution in [-0.2, 0) is 13.1 Å². The van der Waals surface area contributed by atoms with Gasteiger partial charge in [-0.2, -0.15) is 0 Å². The predicted molar refractivity (Wildman–Crippen MR) is 114 cm³/mol. The van der Waals surface area contributed by atoms with Crippen molar-refractivity contribution >= 4 is 17.3 Å². The molecule has 7 nitrogen and oxygen atoms in total. The molecule has 0 aromatic heterocycles. The molecule has 1 atom stereocenters. The van der Waals surface area contributed by atoms with Gasteiger partial charge in [-0.25, -0.2) is 0 Å². The van der Waals surface area contributed by atoms with Gasteiger partial charge in [-0.1, -0.05) is 30.7 Å². The Hall–Kier alpha value is -2.93. The van der Waals surface area contributed by atoms with E-state index >= 15 is 0 Å². The van der Waals surface area contributed by atoms with Crippen molar-refractivity contribution in [3.63, 3.8) is 0 Å². The third-order valence-corrected chi connectivity index (χ3v) is 5.55. The molecule has 0 bridgehead atoms. The molecule has 1 amide bonds. The summed E-state index contributed by atoms with van der Waals surface area (Å²) >= 11 is 0. The average molecular weight is 396 g/mol. The number of piperidine rings is 1. The molecule has 1 fully saturated rings. The smallest absolute Gasteiger partial charge is 0.293 e. The number of hydrogen-bond acceptors (Lipinski definition) is 5. The number of nitrogen functional groups attached to an aromatic ring is 1. The van der Waals surface area contributed by atoms with Crippen LogP contribution >= 0.6 is 0 Å². The summed E-state index contributed by atoms with van der Waals surface area (Å²) in [5.74, 6) is -0.416. The number of carbonyl (C=O) groups excluding carboxylic acids is 1. The summed E-state index contributed by atoms with van der Waals surface area (Å²) in [5, 5.41) is 13.9. The van der Waals surface area contributed by atoms with Gasteiger partial charge in [0, 0.05) is 25.2 Å². The van der Waals surface area contributed by atoms with E-state index in [1.54, 1.807) is 13.0 Å². The van der Waals surface area contributed by atoms with Gasteiger partial charge in [0.1, 0.15) is 5.69 Å². The molecule has 1 unspecified atom stereocenters. The van der Waals surface area contributed by atoms with E-state index in [1.807, 2.05) is 12.1 Å². The van der Waals surface area contributed by atoms with Crippen LogP contribution in [0.15, 0.2) is 36.4 Å². The third-order valence-electron chi connectivity index (χ3n) is 5.55. The molecule has 29 heavy (non-hydrogen) atoms. The molecule has 2 aromatic carbocycles. The number of likely N-dealkylation sites (tertiary alicyclic amines) is 1. The minimum absolute atomic E-state index is 0.107. The maximum absolute atomic E-state index is 12.5. The lowest BCUT2D eigenvalue weighted by molar-refractivity contribution is -0.384. The zero-order valence-corrected chi connectivity index (χ0v) is 17.0. The Kier molecular flexibility index (Phi) is 6.49. The first kappa shape index (κ1) is 20.8. The lowest BCUT2D eigenvalue weighted by Crippen LogP contribution is -2.36. The maximum Gasteiger partial charge on any atom is 0.293 e. The van der Waals surface area contributed by atoms with Crippen LogP contribution in [0.25, 0.3) is 0 Å². The predicted octanol–water partition coefficient (Wildman–Crippen LogP) is 3.79. The number of aryl methyl sites for hydroxylation is 1. The van der Waals surface area contributed by atoms with E-state index in [4.69, 9.17) is 5.73 Å². The lowest BCUT2D eigenvalue weighted by atomic mass is 10.0. The van der Waals surface area contributed by atoms with Gasteiger partial charge in [0.25, 0.3) is 11.6 Å². The first-order valence-corrected chi connectivity index (χ1v) is 9.99. The highest BCUT2D eigenvalue weighted by atomic mass is 16.6. The fraction of sp³-hybridized carbons (Fsp3) is 0.409. The van der Waals surface area contributed by atoms with Gasteiger partial charge in [-0.3, -0.25) is 19.8 Å². The van der Waals surface area contributed by atoms with Crippen LogP contribution in [0.4, 0.5) is 11.4 Å². The summed E-state index contributed by atoms with van der Waals surface area (Å²) in [4.78, 5) is 25.6. The minimum atomic E-state index is -0.568. The summed E-state index contributed by atoms with van der Waals surface area (Å²) in [5.41, 5.74) is 8.46. The van der Waals surface area contributed by atoms with Crippen molar-refractivity contribution in [1.82, 2.24) is 10.2 Å². The highest BCUT2D eigenvalue weighted by Gasteiger charge is 2.21. The van der Waals surface area contributed by atoms with E-state index < -0.39 is 10.8 Å². The molecule has 0 radical (unpaired) electrons. The van der Waals surface area contributed by atoms with E-state index in [9.17, 15) is 14.9 Å². The molecule has 3 rings (SSSR count). The molecule has 0 aliphatic carbocycles. The minimum Gasteiger partial charge on any atom is -0.393 e. The molecule has 0 saturated carbocycles. The quantitative estimate of drug-likeness (QED) is 0.439. The van der Waals surface area contributed by atoms with Crippen LogP contribution in [0.2, 0.25) is 0 Å². The fourth-order valence-corrected chi connectivity index (χ4v) is 3.78. The van der Waals surface area contributed by atoms with Gasteiger partial charge < -0.3 is 11.1 Å². The number of amides is 1. The Labute approximate surface area is 171 Å². The second-order valence-corrected chi connectivity index (χ2v) is 7.82. The van der Waals surface area contributed by atoms with E-state index in [-0.39, 0.29) is 16.9 Å². The second kappa shape index (κ2) is 9.05. The number of nitrogens with one attached hydrogen (secondary N) is 1. The lowest BCUT2D eigenvalue weighted by Gasteiger charge is -2.33. The summed E-state index contributed by atoms with van der Waals surface area (Å²) in [7, 11) is 0. The van der Waals surface area contributed by atoms with E-state index in [0.29, 0.717) is 18.2 Å². The van der Waals surface area contributed by atoms with Crippen molar-refractivity contribution in [3.8, 4) is 0 Å². The number of carbonyl (C=O) groups is 1. The van der Waals surface area contributed by atoms with E-state index in [1.165, 1.54) is 30.9 Å². The third kappa shape index (κ3) is 5.12. The molecule has 3 N–H and O–H groups in total. The molecule has 1 heterocycles. The summed E-state index contributed by atoms with van der Waals surface area (Å²) in [6, 6.07) is 11.8. The van der Waals surface area contributed by atoms with Gasteiger partial charge in [-0.05, 0) is 56.0 Å². The van der Waals surface area contributed by atoms with Gasteiger partial charge in [0.05, 0.1) is 10.5 Å². The number of hydrogen-bond donors (Lipinski definition) is 2. The molecule has 0 spiro atoms. The molecular weight excluding hydrogens is 368 g/mol. The Bertz CT molecular complexity index is 896. The molecule has 7 heteroatoms. The maximum atomic E-state index is 12.5. The Morgan fingerprint density at radius 2 is 1.93 bits per heavy atom. The number of benzene rings is 2. The van der Waals surface area contributed by atoms with E-state index in [2.05, 4.69) is 29.3 Å². The zero-order valence-electron chi connectivity index (χ0n) is 17.0. The monoisotopic (exact) mass is 396 g/mol. The summed E-state index contributed by atoms with van der Waals surface area (Å²) in [6.07, 6.45) is 3.82. The van der Waals surface area contributed by atoms with Gasteiger partial charge >= 0.3 is 0 Å². The molecular formula is C22H28N4O3. The first-order valence-electron chi connectivity index (χ1n) is 9.99. The van der Waals surface area contributed by atoms with Crippen LogP contribution in [0.5, 0.6) is 0 Å².